The van der Waals surface area contributed by atoms with Crippen LogP contribution in [-0.2, 0) is 0 Å². The van der Waals surface area contributed by atoms with Gasteiger partial charge in [-0.25, -0.2) is 0 Å². The summed E-state index contributed by atoms with van der Waals surface area (Å²) in [6.07, 6.45) is 0.924. The molecule has 1 aromatic carbocycles. The molecule has 0 aliphatic rings. The van der Waals surface area contributed by atoms with E-state index in [0.717, 1.165) is 17.7 Å². The standard InChI is InChI=1S/C12H19N3O/c1-4-9(3)14-12(16)11-6-5-10(15-13)7-8(11)2/h5-7,9,15H,4,13H2,1-3H3,(H,14,16). The molecular weight excluding hydrogens is 202 g/mol. The summed E-state index contributed by atoms with van der Waals surface area (Å²) < 4.78 is 0. The molecule has 88 valence electrons. The third-order valence-corrected chi connectivity index (χ3v) is 2.63. The molecule has 0 saturated heterocycles. The highest BCUT2D eigenvalue weighted by molar-refractivity contribution is 5.96. The first-order valence-electron chi connectivity index (χ1n) is 5.46. The van der Waals surface area contributed by atoms with Gasteiger partial charge in [-0.1, -0.05) is 6.92 Å². The van der Waals surface area contributed by atoms with E-state index in [4.69, 9.17) is 5.84 Å². The van der Waals surface area contributed by atoms with Crippen molar-refractivity contribution in [3.63, 3.8) is 0 Å². The van der Waals surface area contributed by atoms with Gasteiger partial charge < -0.3 is 10.7 Å². The van der Waals surface area contributed by atoms with Gasteiger partial charge in [-0.3, -0.25) is 10.6 Å². The largest absolute Gasteiger partial charge is 0.350 e. The Morgan fingerprint density at radius 1 is 1.50 bits per heavy atom. The normalized spacial score (nSPS) is 12.0. The molecule has 16 heavy (non-hydrogen) atoms. The maximum atomic E-state index is 11.9. The smallest absolute Gasteiger partial charge is 0.251 e. The van der Waals surface area contributed by atoms with E-state index in [1.807, 2.05) is 26.8 Å². The highest BCUT2D eigenvalue weighted by Crippen LogP contribution is 2.14. The molecular formula is C12H19N3O. The number of hydrogen-bond donors (Lipinski definition) is 3. The number of anilines is 1. The summed E-state index contributed by atoms with van der Waals surface area (Å²) in [5.41, 5.74) is 4.96. The molecule has 1 amide bonds. The molecule has 1 rings (SSSR count). The van der Waals surface area contributed by atoms with Crippen molar-refractivity contribution in [1.29, 1.82) is 0 Å². The van der Waals surface area contributed by atoms with Crippen LogP contribution in [0.2, 0.25) is 0 Å². The summed E-state index contributed by atoms with van der Waals surface area (Å²) in [5.74, 6) is 5.26. The molecule has 0 spiro atoms. The van der Waals surface area contributed by atoms with Gasteiger partial charge in [0.15, 0.2) is 0 Å². The van der Waals surface area contributed by atoms with Crippen LogP contribution in [0.5, 0.6) is 0 Å². The molecule has 1 atom stereocenters. The predicted molar refractivity (Wildman–Crippen MR) is 66.2 cm³/mol. The van der Waals surface area contributed by atoms with Crippen molar-refractivity contribution >= 4 is 11.6 Å². The number of carbonyl (C=O) groups is 1. The van der Waals surface area contributed by atoms with Gasteiger partial charge in [0.2, 0.25) is 0 Å². The maximum absolute atomic E-state index is 11.9. The summed E-state index contributed by atoms with van der Waals surface area (Å²) >= 11 is 0. The molecule has 1 unspecified atom stereocenters. The van der Waals surface area contributed by atoms with Gasteiger partial charge >= 0.3 is 0 Å². The van der Waals surface area contributed by atoms with Crippen LogP contribution in [0, 0.1) is 6.92 Å². The van der Waals surface area contributed by atoms with Crippen molar-refractivity contribution in [2.75, 3.05) is 5.43 Å². The van der Waals surface area contributed by atoms with Gasteiger partial charge in [0, 0.05) is 17.3 Å². The molecule has 4 heteroatoms. The van der Waals surface area contributed by atoms with Crippen LogP contribution in [0.15, 0.2) is 18.2 Å². The lowest BCUT2D eigenvalue weighted by molar-refractivity contribution is 0.0938. The van der Waals surface area contributed by atoms with Gasteiger partial charge in [0.05, 0.1) is 0 Å². The van der Waals surface area contributed by atoms with Gasteiger partial charge in [0.25, 0.3) is 5.91 Å². The maximum Gasteiger partial charge on any atom is 0.251 e. The van der Waals surface area contributed by atoms with Gasteiger partial charge in [-0.05, 0) is 44.0 Å². The molecule has 1 aromatic rings. The third kappa shape index (κ3) is 2.97. The van der Waals surface area contributed by atoms with E-state index < -0.39 is 0 Å². The minimum Gasteiger partial charge on any atom is -0.350 e. The van der Waals surface area contributed by atoms with E-state index in [2.05, 4.69) is 10.7 Å². The molecule has 0 fully saturated rings. The van der Waals surface area contributed by atoms with Crippen LogP contribution in [0.1, 0.15) is 36.2 Å². The van der Waals surface area contributed by atoms with E-state index in [1.165, 1.54) is 0 Å². The number of nitrogens with one attached hydrogen (secondary N) is 2. The minimum atomic E-state index is -0.0320. The van der Waals surface area contributed by atoms with E-state index in [1.54, 1.807) is 12.1 Å². The number of rotatable bonds is 4. The van der Waals surface area contributed by atoms with Crippen molar-refractivity contribution in [1.82, 2.24) is 5.32 Å². The summed E-state index contributed by atoms with van der Waals surface area (Å²) in [4.78, 5) is 11.9. The second-order valence-corrected chi connectivity index (χ2v) is 3.96. The van der Waals surface area contributed by atoms with Crippen LogP contribution < -0.4 is 16.6 Å². The lowest BCUT2D eigenvalue weighted by atomic mass is 10.1. The van der Waals surface area contributed by atoms with Crippen LogP contribution in [0.3, 0.4) is 0 Å². The second kappa shape index (κ2) is 5.51. The Labute approximate surface area is 96.2 Å². The molecule has 0 bridgehead atoms. The molecule has 0 saturated carbocycles. The van der Waals surface area contributed by atoms with Crippen LogP contribution in [0.25, 0.3) is 0 Å². The average Bonchev–Trinajstić information content (AvgIpc) is 2.28. The zero-order valence-electron chi connectivity index (χ0n) is 10.0. The molecule has 0 aliphatic heterocycles. The number of hydrazine groups is 1. The van der Waals surface area contributed by atoms with Crippen molar-refractivity contribution in [2.45, 2.75) is 33.2 Å². The Morgan fingerprint density at radius 3 is 2.69 bits per heavy atom. The topological polar surface area (TPSA) is 67.2 Å². The fraction of sp³-hybridized carbons (Fsp3) is 0.417. The Kier molecular flexibility index (Phi) is 4.31. The van der Waals surface area contributed by atoms with E-state index >= 15 is 0 Å². The van der Waals surface area contributed by atoms with Crippen LogP contribution >= 0.6 is 0 Å². The number of carbonyl (C=O) groups excluding carboxylic acids is 1. The Morgan fingerprint density at radius 2 is 2.19 bits per heavy atom. The lowest BCUT2D eigenvalue weighted by Crippen LogP contribution is -2.32. The first kappa shape index (κ1) is 12.5. The molecule has 0 radical (unpaired) electrons. The molecule has 0 heterocycles. The summed E-state index contributed by atoms with van der Waals surface area (Å²) in [7, 11) is 0. The molecule has 0 aliphatic carbocycles. The Balaban J connectivity index is 2.84. The average molecular weight is 221 g/mol. The Hall–Kier alpha value is -1.55. The zero-order chi connectivity index (χ0) is 12.1. The van der Waals surface area contributed by atoms with Gasteiger partial charge in [-0.2, -0.15) is 0 Å². The fourth-order valence-electron chi connectivity index (χ4n) is 1.41. The van der Waals surface area contributed by atoms with E-state index in [0.29, 0.717) is 5.56 Å². The van der Waals surface area contributed by atoms with Gasteiger partial charge in [-0.15, -0.1) is 0 Å². The number of aryl methyl sites for hydroxylation is 1. The van der Waals surface area contributed by atoms with Gasteiger partial charge in [0.1, 0.15) is 0 Å². The van der Waals surface area contributed by atoms with Crippen molar-refractivity contribution < 1.29 is 4.79 Å². The number of benzene rings is 1. The Bertz CT molecular complexity index is 377. The monoisotopic (exact) mass is 221 g/mol. The molecule has 4 nitrogen and oxygen atoms in total. The van der Waals surface area contributed by atoms with Crippen LogP contribution in [0.4, 0.5) is 5.69 Å². The van der Waals surface area contributed by atoms with E-state index in [-0.39, 0.29) is 11.9 Å². The predicted octanol–water partition coefficient (Wildman–Crippen LogP) is 1.81. The second-order valence-electron chi connectivity index (χ2n) is 3.96. The lowest BCUT2D eigenvalue weighted by Gasteiger charge is -2.13. The van der Waals surface area contributed by atoms with Crippen molar-refractivity contribution in [3.05, 3.63) is 29.3 Å². The highest BCUT2D eigenvalue weighted by Gasteiger charge is 2.11. The number of hydrogen-bond acceptors (Lipinski definition) is 3. The summed E-state index contributed by atoms with van der Waals surface area (Å²) in [5, 5.41) is 2.93. The SMILES string of the molecule is CCC(C)NC(=O)c1ccc(NN)cc1C. The number of amides is 1. The first-order chi connectivity index (χ1) is 7.58. The zero-order valence-corrected chi connectivity index (χ0v) is 10.0. The van der Waals surface area contributed by atoms with Crippen LogP contribution in [-0.4, -0.2) is 11.9 Å². The molecule has 0 aromatic heterocycles. The highest BCUT2D eigenvalue weighted by atomic mass is 16.1. The van der Waals surface area contributed by atoms with Crippen molar-refractivity contribution in [3.8, 4) is 0 Å². The molecule has 4 N–H and O–H groups in total. The third-order valence-electron chi connectivity index (χ3n) is 2.63. The minimum absolute atomic E-state index is 0.0320. The quantitative estimate of drug-likeness (QED) is 0.536. The first-order valence-corrected chi connectivity index (χ1v) is 5.46. The summed E-state index contributed by atoms with van der Waals surface area (Å²) in [6, 6.07) is 5.62. The fourth-order valence-corrected chi connectivity index (χ4v) is 1.41. The summed E-state index contributed by atoms with van der Waals surface area (Å²) in [6.45, 7) is 5.93. The number of nitrogens with two attached hydrogens (primary N) is 1. The number of nitrogen functional groups attached to an aromatic ring is 1. The van der Waals surface area contributed by atoms with Crippen molar-refractivity contribution in [2.24, 2.45) is 5.84 Å². The van der Waals surface area contributed by atoms with E-state index in [9.17, 15) is 4.79 Å².